The average Bonchev–Trinajstić information content (AvgIpc) is 3.25. The molecule has 1 heteroatoms. The van der Waals surface area contributed by atoms with Gasteiger partial charge in [0.1, 0.15) is 0 Å². The molecule has 1 nitrogen and oxygen atoms in total. The van der Waals surface area contributed by atoms with Crippen molar-refractivity contribution in [3.63, 3.8) is 0 Å². The first-order chi connectivity index (χ1) is 16.8. The molecule has 1 aromatic heterocycles. The molecule has 0 bridgehead atoms. The molecule has 0 amide bonds. The van der Waals surface area contributed by atoms with Crippen molar-refractivity contribution in [2.45, 2.75) is 6.92 Å². The Morgan fingerprint density at radius 1 is 0.441 bits per heavy atom. The van der Waals surface area contributed by atoms with Gasteiger partial charge in [-0.15, -0.1) is 0 Å². The normalized spacial score (nSPS) is 11.7. The third-order valence-corrected chi connectivity index (χ3v) is 7.05. The van der Waals surface area contributed by atoms with Crippen LogP contribution in [-0.2, 0) is 0 Å². The Labute approximate surface area is 198 Å². The van der Waals surface area contributed by atoms with E-state index in [1.807, 2.05) is 0 Å². The summed E-state index contributed by atoms with van der Waals surface area (Å²) >= 11 is 0. The largest absolute Gasteiger partial charge is 0.309 e. The monoisotopic (exact) mass is 433 g/mol. The van der Waals surface area contributed by atoms with Gasteiger partial charge in [-0.2, -0.15) is 0 Å². The maximum atomic E-state index is 2.44. The molecule has 0 saturated heterocycles. The number of aryl methyl sites for hydroxylation is 1. The number of hydrogen-bond donors (Lipinski definition) is 0. The average molecular weight is 434 g/mol. The van der Waals surface area contributed by atoms with Crippen molar-refractivity contribution >= 4 is 43.4 Å². The van der Waals surface area contributed by atoms with Crippen LogP contribution in [0.2, 0.25) is 0 Å². The fourth-order valence-electron chi connectivity index (χ4n) is 5.45. The van der Waals surface area contributed by atoms with Crippen LogP contribution in [0.3, 0.4) is 0 Å². The van der Waals surface area contributed by atoms with E-state index in [2.05, 4.69) is 133 Å². The van der Waals surface area contributed by atoms with E-state index in [1.54, 1.807) is 0 Å². The van der Waals surface area contributed by atoms with Crippen LogP contribution in [0.25, 0.3) is 60.2 Å². The zero-order valence-electron chi connectivity index (χ0n) is 19.0. The first-order valence-electron chi connectivity index (χ1n) is 11.8. The van der Waals surface area contributed by atoms with E-state index in [9.17, 15) is 0 Å². The summed E-state index contributed by atoms with van der Waals surface area (Å²) in [5.41, 5.74) is 7.46. The van der Waals surface area contributed by atoms with Gasteiger partial charge in [-0.3, -0.25) is 0 Å². The second-order valence-electron chi connectivity index (χ2n) is 9.08. The van der Waals surface area contributed by atoms with E-state index >= 15 is 0 Å². The molecule has 6 aromatic carbocycles. The Balaban J connectivity index is 1.59. The Kier molecular flexibility index (Phi) is 4.13. The molecule has 0 N–H and O–H groups in total. The summed E-state index contributed by atoms with van der Waals surface area (Å²) in [7, 11) is 0. The Hall–Kier alpha value is -4.36. The molecule has 1 heterocycles. The summed E-state index contributed by atoms with van der Waals surface area (Å²) in [6, 6.07) is 44.1. The van der Waals surface area contributed by atoms with E-state index in [0.29, 0.717) is 0 Å². The molecule has 0 aliphatic carbocycles. The number of fused-ring (bicyclic) bond motifs is 8. The zero-order valence-corrected chi connectivity index (χ0v) is 19.0. The topological polar surface area (TPSA) is 4.93 Å². The minimum atomic E-state index is 1.18. The lowest BCUT2D eigenvalue weighted by Gasteiger charge is -2.13. The van der Waals surface area contributed by atoms with E-state index in [0.717, 1.165) is 0 Å². The molecule has 0 atom stereocenters. The van der Waals surface area contributed by atoms with Crippen molar-refractivity contribution < 1.29 is 0 Å². The highest BCUT2D eigenvalue weighted by Gasteiger charge is 2.18. The highest BCUT2D eigenvalue weighted by molar-refractivity contribution is 6.32. The predicted octanol–water partition coefficient (Wildman–Crippen LogP) is 9.07. The second-order valence-corrected chi connectivity index (χ2v) is 9.08. The van der Waals surface area contributed by atoms with Gasteiger partial charge in [0.2, 0.25) is 0 Å². The molecule has 160 valence electrons. The third-order valence-electron chi connectivity index (χ3n) is 7.05. The minimum absolute atomic E-state index is 1.18. The smallest absolute Gasteiger partial charge is 0.0625 e. The van der Waals surface area contributed by atoms with Gasteiger partial charge in [0.15, 0.2) is 0 Å². The van der Waals surface area contributed by atoms with Gasteiger partial charge in [-0.05, 0) is 52.4 Å². The van der Waals surface area contributed by atoms with E-state index in [4.69, 9.17) is 0 Å². The second kappa shape index (κ2) is 7.33. The highest BCUT2D eigenvalue weighted by Crippen LogP contribution is 2.42. The first kappa shape index (κ1) is 19.1. The van der Waals surface area contributed by atoms with Gasteiger partial charge in [-0.1, -0.05) is 109 Å². The van der Waals surface area contributed by atoms with Crippen LogP contribution in [0.1, 0.15) is 5.56 Å². The summed E-state index contributed by atoms with van der Waals surface area (Å²) < 4.78 is 2.44. The van der Waals surface area contributed by atoms with Crippen LogP contribution < -0.4 is 0 Å². The molecule has 7 aromatic rings. The van der Waals surface area contributed by atoms with E-state index in [1.165, 1.54) is 65.7 Å². The number of hydrogen-bond acceptors (Lipinski definition) is 0. The molecule has 0 radical (unpaired) electrons. The van der Waals surface area contributed by atoms with Crippen LogP contribution in [-0.4, -0.2) is 4.57 Å². The number of aromatic nitrogens is 1. The van der Waals surface area contributed by atoms with Gasteiger partial charge in [0.05, 0.1) is 11.0 Å². The van der Waals surface area contributed by atoms with Crippen molar-refractivity contribution in [1.29, 1.82) is 0 Å². The zero-order chi connectivity index (χ0) is 22.6. The summed E-state index contributed by atoms with van der Waals surface area (Å²) in [5, 5.41) is 7.82. The Morgan fingerprint density at radius 3 is 1.62 bits per heavy atom. The summed E-state index contributed by atoms with van der Waals surface area (Å²) in [6.45, 7) is 2.13. The van der Waals surface area contributed by atoms with Crippen molar-refractivity contribution in [1.82, 2.24) is 4.57 Å². The molecule has 34 heavy (non-hydrogen) atoms. The maximum Gasteiger partial charge on any atom is 0.0625 e. The number of nitrogens with zero attached hydrogens (tertiary/aromatic N) is 1. The lowest BCUT2D eigenvalue weighted by atomic mass is 9.97. The van der Waals surface area contributed by atoms with Crippen molar-refractivity contribution in [2.75, 3.05) is 0 Å². The lowest BCUT2D eigenvalue weighted by Crippen LogP contribution is -1.95. The Morgan fingerprint density at radius 2 is 0.941 bits per heavy atom. The quantitative estimate of drug-likeness (QED) is 0.240. The third kappa shape index (κ3) is 2.74. The lowest BCUT2D eigenvalue weighted by molar-refractivity contribution is 1.19. The van der Waals surface area contributed by atoms with Crippen LogP contribution in [0.4, 0.5) is 0 Å². The SMILES string of the molecule is Cc1ccc(-c2ccc(-n3c4ccccc4c4c5ccccc5c5ccccc5c43)cc2)cc1. The molecule has 0 unspecified atom stereocenters. The number of para-hydroxylation sites is 1. The van der Waals surface area contributed by atoms with Crippen LogP contribution in [0.15, 0.2) is 121 Å². The standard InChI is InChI=1S/C33H23N/c1-22-14-16-23(17-15-22)24-18-20-25(21-19-24)34-31-13-7-6-12-30(31)32-28-10-4-2-8-26(28)27-9-3-5-11-29(27)33(32)34/h2-21H,1H3. The fourth-order valence-corrected chi connectivity index (χ4v) is 5.45. The molecule has 0 aliphatic heterocycles. The highest BCUT2D eigenvalue weighted by atomic mass is 15.0. The van der Waals surface area contributed by atoms with Gasteiger partial charge < -0.3 is 4.57 Å². The van der Waals surface area contributed by atoms with E-state index in [-0.39, 0.29) is 0 Å². The number of rotatable bonds is 2. The van der Waals surface area contributed by atoms with Crippen LogP contribution in [0.5, 0.6) is 0 Å². The molecular weight excluding hydrogens is 410 g/mol. The van der Waals surface area contributed by atoms with Crippen LogP contribution in [0, 0.1) is 6.92 Å². The van der Waals surface area contributed by atoms with Crippen molar-refractivity contribution in [3.05, 3.63) is 127 Å². The minimum Gasteiger partial charge on any atom is -0.309 e. The molecule has 7 rings (SSSR count). The number of benzene rings is 6. The Bertz CT molecular complexity index is 1840. The first-order valence-corrected chi connectivity index (χ1v) is 11.8. The van der Waals surface area contributed by atoms with Gasteiger partial charge in [-0.25, -0.2) is 0 Å². The predicted molar refractivity (Wildman–Crippen MR) is 146 cm³/mol. The van der Waals surface area contributed by atoms with Gasteiger partial charge in [0, 0.05) is 21.8 Å². The van der Waals surface area contributed by atoms with Crippen molar-refractivity contribution in [2.24, 2.45) is 0 Å². The summed E-state index contributed by atoms with van der Waals surface area (Å²) in [5.74, 6) is 0. The van der Waals surface area contributed by atoms with Gasteiger partial charge in [0.25, 0.3) is 0 Å². The molecule has 0 fully saturated rings. The fraction of sp³-hybridized carbons (Fsp3) is 0.0303. The molecule has 0 aliphatic rings. The van der Waals surface area contributed by atoms with Crippen LogP contribution >= 0.6 is 0 Å². The summed E-state index contributed by atoms with van der Waals surface area (Å²) in [6.07, 6.45) is 0. The molecule has 0 saturated carbocycles. The van der Waals surface area contributed by atoms with Crippen molar-refractivity contribution in [3.8, 4) is 16.8 Å². The molecular formula is C33H23N. The van der Waals surface area contributed by atoms with E-state index < -0.39 is 0 Å². The molecule has 0 spiro atoms. The van der Waals surface area contributed by atoms with Gasteiger partial charge >= 0.3 is 0 Å². The summed E-state index contributed by atoms with van der Waals surface area (Å²) in [4.78, 5) is 0. The maximum absolute atomic E-state index is 2.44.